The van der Waals surface area contributed by atoms with E-state index in [9.17, 15) is 4.79 Å². The highest BCUT2D eigenvalue weighted by molar-refractivity contribution is 5.69. The molecule has 2 aliphatic rings. The van der Waals surface area contributed by atoms with Crippen molar-refractivity contribution >= 4 is 6.09 Å². The van der Waals surface area contributed by atoms with Crippen molar-refractivity contribution < 1.29 is 14.3 Å². The van der Waals surface area contributed by atoms with Gasteiger partial charge in [-0.2, -0.15) is 0 Å². The Balaban J connectivity index is 1.69. The molecule has 2 saturated heterocycles. The van der Waals surface area contributed by atoms with Crippen LogP contribution in [-0.4, -0.2) is 43.4 Å². The minimum atomic E-state index is -0.106. The van der Waals surface area contributed by atoms with Crippen LogP contribution in [0.3, 0.4) is 0 Å². The number of unbranched alkanes of at least 4 members (excludes halogenated alkanes) is 2. The van der Waals surface area contributed by atoms with Crippen LogP contribution in [0.2, 0.25) is 0 Å². The van der Waals surface area contributed by atoms with E-state index in [1.807, 2.05) is 4.90 Å². The van der Waals surface area contributed by atoms with E-state index >= 15 is 0 Å². The monoisotopic (exact) mass is 283 g/mol. The van der Waals surface area contributed by atoms with E-state index in [1.165, 1.54) is 12.8 Å². The maximum Gasteiger partial charge on any atom is 0.410 e. The summed E-state index contributed by atoms with van der Waals surface area (Å²) in [5, 5.41) is 0. The van der Waals surface area contributed by atoms with Crippen LogP contribution < -0.4 is 0 Å². The number of carbonyl (C=O) groups excluding carboxylic acids is 1. The van der Waals surface area contributed by atoms with Gasteiger partial charge in [0.25, 0.3) is 0 Å². The standard InChI is InChI=1S/C16H29NO3/c1-3-5-6-7-14(4-2)20-15(18)17-12-16(13-17)8-10-19-11-9-16/h14H,3-13H2,1-2H3. The average molecular weight is 283 g/mol. The quantitative estimate of drug-likeness (QED) is 0.699. The van der Waals surface area contributed by atoms with E-state index in [2.05, 4.69) is 13.8 Å². The number of rotatable bonds is 6. The van der Waals surface area contributed by atoms with E-state index in [0.29, 0.717) is 5.41 Å². The van der Waals surface area contributed by atoms with Crippen LogP contribution in [0.25, 0.3) is 0 Å². The third-order valence-corrected chi connectivity index (χ3v) is 4.72. The van der Waals surface area contributed by atoms with Crippen molar-refractivity contribution in [2.75, 3.05) is 26.3 Å². The number of hydrogen-bond donors (Lipinski definition) is 0. The Hall–Kier alpha value is -0.770. The predicted octanol–water partition coefficient (Wildman–Crippen LogP) is 3.59. The van der Waals surface area contributed by atoms with Gasteiger partial charge >= 0.3 is 6.09 Å². The van der Waals surface area contributed by atoms with E-state index in [-0.39, 0.29) is 12.2 Å². The van der Waals surface area contributed by atoms with Crippen molar-refractivity contribution in [1.29, 1.82) is 0 Å². The molecule has 0 aromatic carbocycles. The van der Waals surface area contributed by atoms with Crippen LogP contribution in [0.5, 0.6) is 0 Å². The topological polar surface area (TPSA) is 38.8 Å². The second-order valence-corrected chi connectivity index (χ2v) is 6.38. The molecule has 0 aromatic heterocycles. The lowest BCUT2D eigenvalue weighted by molar-refractivity contribution is -0.0785. The number of carbonyl (C=O) groups is 1. The first kappa shape index (κ1) is 15.6. The molecule has 2 rings (SSSR count). The van der Waals surface area contributed by atoms with Crippen molar-refractivity contribution in [1.82, 2.24) is 4.90 Å². The lowest BCUT2D eigenvalue weighted by Gasteiger charge is -2.51. The van der Waals surface area contributed by atoms with Gasteiger partial charge in [0.05, 0.1) is 0 Å². The molecule has 1 unspecified atom stereocenters. The third-order valence-electron chi connectivity index (χ3n) is 4.72. The lowest BCUT2D eigenvalue weighted by atomic mass is 9.74. The van der Waals surface area contributed by atoms with Gasteiger partial charge in [-0.05, 0) is 32.1 Å². The summed E-state index contributed by atoms with van der Waals surface area (Å²) in [6, 6.07) is 0. The Morgan fingerprint density at radius 3 is 2.55 bits per heavy atom. The first-order valence-electron chi connectivity index (χ1n) is 8.22. The molecule has 0 aliphatic carbocycles. The minimum Gasteiger partial charge on any atom is -0.446 e. The summed E-state index contributed by atoms with van der Waals surface area (Å²) >= 11 is 0. The van der Waals surface area contributed by atoms with Crippen molar-refractivity contribution in [2.24, 2.45) is 5.41 Å². The van der Waals surface area contributed by atoms with Gasteiger partial charge in [0.2, 0.25) is 0 Å². The van der Waals surface area contributed by atoms with Crippen LogP contribution in [0.1, 0.15) is 58.8 Å². The van der Waals surface area contributed by atoms with Crippen molar-refractivity contribution in [3.8, 4) is 0 Å². The van der Waals surface area contributed by atoms with E-state index in [1.54, 1.807) is 0 Å². The van der Waals surface area contributed by atoms with Gasteiger partial charge in [-0.25, -0.2) is 4.79 Å². The largest absolute Gasteiger partial charge is 0.446 e. The predicted molar refractivity (Wildman–Crippen MR) is 78.8 cm³/mol. The summed E-state index contributed by atoms with van der Waals surface area (Å²) in [5.74, 6) is 0. The zero-order valence-corrected chi connectivity index (χ0v) is 13.0. The maximum absolute atomic E-state index is 12.1. The Morgan fingerprint density at radius 1 is 1.25 bits per heavy atom. The van der Waals surface area contributed by atoms with Crippen molar-refractivity contribution in [3.05, 3.63) is 0 Å². The fraction of sp³-hybridized carbons (Fsp3) is 0.938. The SMILES string of the molecule is CCCCCC(CC)OC(=O)N1CC2(CCOCC2)C1. The Bertz CT molecular complexity index is 305. The van der Waals surface area contributed by atoms with Crippen LogP contribution in [0, 0.1) is 5.41 Å². The molecule has 1 atom stereocenters. The smallest absolute Gasteiger partial charge is 0.410 e. The van der Waals surface area contributed by atoms with Crippen molar-refractivity contribution in [3.63, 3.8) is 0 Å². The molecule has 2 aliphatic heterocycles. The minimum absolute atomic E-state index is 0.0975. The normalized spacial score (nSPS) is 22.4. The summed E-state index contributed by atoms with van der Waals surface area (Å²) in [6.45, 7) is 7.70. The molecule has 2 heterocycles. The molecule has 1 amide bonds. The number of amides is 1. The van der Waals surface area contributed by atoms with E-state index in [0.717, 1.165) is 58.4 Å². The zero-order valence-electron chi connectivity index (χ0n) is 13.0. The molecule has 20 heavy (non-hydrogen) atoms. The second kappa shape index (κ2) is 7.30. The molecule has 116 valence electrons. The molecule has 4 nitrogen and oxygen atoms in total. The molecule has 1 spiro atoms. The molecular formula is C16H29NO3. The molecule has 4 heteroatoms. The highest BCUT2D eigenvalue weighted by Gasteiger charge is 2.46. The molecule has 0 bridgehead atoms. The fourth-order valence-electron chi connectivity index (χ4n) is 3.20. The Labute approximate surface area is 122 Å². The summed E-state index contributed by atoms with van der Waals surface area (Å²) in [7, 11) is 0. The molecule has 0 aromatic rings. The number of nitrogens with zero attached hydrogens (tertiary/aromatic N) is 1. The van der Waals surface area contributed by atoms with E-state index < -0.39 is 0 Å². The summed E-state index contributed by atoms with van der Waals surface area (Å²) in [5.41, 5.74) is 0.335. The average Bonchev–Trinajstić information content (AvgIpc) is 2.44. The Morgan fingerprint density at radius 2 is 1.95 bits per heavy atom. The van der Waals surface area contributed by atoms with Crippen LogP contribution in [-0.2, 0) is 9.47 Å². The van der Waals surface area contributed by atoms with Crippen LogP contribution in [0.4, 0.5) is 4.79 Å². The van der Waals surface area contributed by atoms with Gasteiger partial charge in [0.15, 0.2) is 0 Å². The fourth-order valence-corrected chi connectivity index (χ4v) is 3.20. The highest BCUT2D eigenvalue weighted by atomic mass is 16.6. The van der Waals surface area contributed by atoms with E-state index in [4.69, 9.17) is 9.47 Å². The third kappa shape index (κ3) is 3.87. The van der Waals surface area contributed by atoms with Gasteiger partial charge in [0.1, 0.15) is 6.10 Å². The zero-order chi connectivity index (χ0) is 14.4. The Kier molecular flexibility index (Phi) is 5.70. The van der Waals surface area contributed by atoms with Gasteiger partial charge < -0.3 is 14.4 Å². The summed E-state index contributed by atoms with van der Waals surface area (Å²) < 4.78 is 11.0. The molecule has 0 saturated carbocycles. The molecule has 2 fully saturated rings. The van der Waals surface area contributed by atoms with Gasteiger partial charge in [-0.15, -0.1) is 0 Å². The number of likely N-dealkylation sites (tertiary alicyclic amines) is 1. The molecule has 0 radical (unpaired) electrons. The van der Waals surface area contributed by atoms with Gasteiger partial charge in [-0.3, -0.25) is 0 Å². The first-order valence-corrected chi connectivity index (χ1v) is 8.22. The maximum atomic E-state index is 12.1. The van der Waals surface area contributed by atoms with Crippen LogP contribution in [0.15, 0.2) is 0 Å². The lowest BCUT2D eigenvalue weighted by Crippen LogP contribution is -2.60. The molecular weight excluding hydrogens is 254 g/mol. The first-order chi connectivity index (χ1) is 9.69. The van der Waals surface area contributed by atoms with Crippen molar-refractivity contribution in [2.45, 2.75) is 64.9 Å². The van der Waals surface area contributed by atoms with Gasteiger partial charge in [-0.1, -0.05) is 26.7 Å². The summed E-state index contributed by atoms with van der Waals surface area (Å²) in [6.07, 6.45) is 7.68. The van der Waals surface area contributed by atoms with Crippen LogP contribution >= 0.6 is 0 Å². The summed E-state index contributed by atoms with van der Waals surface area (Å²) in [4.78, 5) is 14.0. The number of ether oxygens (including phenoxy) is 2. The van der Waals surface area contributed by atoms with Gasteiger partial charge in [0, 0.05) is 31.7 Å². The second-order valence-electron chi connectivity index (χ2n) is 6.38. The highest BCUT2D eigenvalue weighted by Crippen LogP contribution is 2.40. The molecule has 0 N–H and O–H groups in total. The number of hydrogen-bond acceptors (Lipinski definition) is 3.